The van der Waals surface area contributed by atoms with Crippen LogP contribution < -0.4 is 5.32 Å². The highest BCUT2D eigenvalue weighted by Gasteiger charge is 2.26. The first kappa shape index (κ1) is 11.5. The second-order valence-electron chi connectivity index (χ2n) is 3.98. The minimum Gasteiger partial charge on any atom is -0.392 e. The Morgan fingerprint density at radius 1 is 1.71 bits per heavy atom. The van der Waals surface area contributed by atoms with Gasteiger partial charge in [-0.2, -0.15) is 10.2 Å². The van der Waals surface area contributed by atoms with E-state index in [4.69, 9.17) is 9.78 Å². The molecular weight excluding hydrogens is 224 g/mol. The number of nitrogens with zero attached hydrogens (tertiary/aromatic N) is 3. The molecule has 90 valence electrons. The van der Waals surface area contributed by atoms with E-state index in [2.05, 4.69) is 15.5 Å². The highest BCUT2D eigenvalue weighted by Crippen LogP contribution is 2.18. The van der Waals surface area contributed by atoms with Crippen LogP contribution in [0, 0.1) is 11.3 Å². The van der Waals surface area contributed by atoms with Crippen LogP contribution in [0.4, 0.5) is 0 Å². The molecule has 1 aromatic heterocycles. The van der Waals surface area contributed by atoms with Crippen molar-refractivity contribution in [3.63, 3.8) is 0 Å². The second kappa shape index (κ2) is 4.93. The Morgan fingerprint density at radius 2 is 2.47 bits per heavy atom. The summed E-state index contributed by atoms with van der Waals surface area (Å²) < 4.78 is 4.81. The number of aliphatic hydroxyl groups is 1. The molecule has 1 fully saturated rings. The third-order valence-corrected chi connectivity index (χ3v) is 2.32. The van der Waals surface area contributed by atoms with Gasteiger partial charge in [0, 0.05) is 6.04 Å². The Kier molecular flexibility index (Phi) is 3.35. The van der Waals surface area contributed by atoms with E-state index < -0.39 is 6.10 Å². The maximum Gasteiger partial charge on any atom is 0.292 e. The van der Waals surface area contributed by atoms with Crippen molar-refractivity contribution in [2.24, 2.45) is 0 Å². The predicted molar refractivity (Wildman–Crippen MR) is 54.7 cm³/mol. The lowest BCUT2D eigenvalue weighted by molar-refractivity contribution is 0.0937. The molecule has 1 atom stereocenters. The smallest absolute Gasteiger partial charge is 0.292 e. The number of rotatable bonds is 5. The van der Waals surface area contributed by atoms with E-state index in [-0.39, 0.29) is 36.5 Å². The van der Waals surface area contributed by atoms with Crippen molar-refractivity contribution >= 4 is 5.91 Å². The first-order valence-electron chi connectivity index (χ1n) is 5.37. The van der Waals surface area contributed by atoms with Crippen molar-refractivity contribution in [1.29, 1.82) is 5.26 Å². The summed E-state index contributed by atoms with van der Waals surface area (Å²) in [5, 5.41) is 24.0. The topological polar surface area (TPSA) is 112 Å². The van der Waals surface area contributed by atoms with Crippen LogP contribution in [0.2, 0.25) is 0 Å². The lowest BCUT2D eigenvalue weighted by Gasteiger charge is -1.99. The molecule has 2 N–H and O–H groups in total. The molecule has 1 aliphatic carbocycles. The van der Waals surface area contributed by atoms with E-state index >= 15 is 0 Å². The number of amides is 1. The van der Waals surface area contributed by atoms with Crippen LogP contribution in [-0.2, 0) is 6.42 Å². The number of carbonyl (C=O) groups is 1. The Labute approximate surface area is 97.4 Å². The van der Waals surface area contributed by atoms with Crippen molar-refractivity contribution in [2.45, 2.75) is 37.8 Å². The molecule has 0 radical (unpaired) electrons. The quantitative estimate of drug-likeness (QED) is 0.730. The number of nitriles is 1. The molecule has 0 aliphatic heterocycles. The molecule has 0 spiro atoms. The van der Waals surface area contributed by atoms with Gasteiger partial charge in [-0.25, -0.2) is 0 Å². The zero-order chi connectivity index (χ0) is 12.3. The minimum absolute atomic E-state index is 0.00795. The van der Waals surface area contributed by atoms with Gasteiger partial charge in [-0.3, -0.25) is 4.79 Å². The monoisotopic (exact) mass is 236 g/mol. The largest absolute Gasteiger partial charge is 0.392 e. The summed E-state index contributed by atoms with van der Waals surface area (Å²) in [6.45, 7) is 0. The number of hydrogen-bond acceptors (Lipinski definition) is 6. The normalized spacial score (nSPS) is 16.2. The number of carbonyl (C=O) groups excluding carboxylic acids is 1. The molecule has 7 nitrogen and oxygen atoms in total. The van der Waals surface area contributed by atoms with Gasteiger partial charge < -0.3 is 14.9 Å². The summed E-state index contributed by atoms with van der Waals surface area (Å²) in [5.74, 6) is -0.234. The Balaban J connectivity index is 1.90. The Bertz CT molecular complexity index is 447. The van der Waals surface area contributed by atoms with Crippen molar-refractivity contribution in [1.82, 2.24) is 15.5 Å². The van der Waals surface area contributed by atoms with Gasteiger partial charge in [0.15, 0.2) is 0 Å². The van der Waals surface area contributed by atoms with Gasteiger partial charge in [0.2, 0.25) is 5.89 Å². The van der Waals surface area contributed by atoms with Gasteiger partial charge in [0.1, 0.15) is 0 Å². The van der Waals surface area contributed by atoms with E-state index in [0.717, 1.165) is 12.8 Å². The maximum absolute atomic E-state index is 11.5. The highest BCUT2D eigenvalue weighted by atomic mass is 16.5. The Hall–Kier alpha value is -1.94. The highest BCUT2D eigenvalue weighted by molar-refractivity contribution is 5.90. The molecule has 0 aromatic carbocycles. The fraction of sp³-hybridized carbons (Fsp3) is 0.600. The van der Waals surface area contributed by atoms with E-state index in [1.165, 1.54) is 0 Å². The molecule has 1 saturated carbocycles. The lowest BCUT2D eigenvalue weighted by Crippen LogP contribution is -2.26. The summed E-state index contributed by atoms with van der Waals surface area (Å²) in [4.78, 5) is 15.4. The minimum atomic E-state index is -0.847. The van der Waals surface area contributed by atoms with E-state index in [1.807, 2.05) is 6.07 Å². The van der Waals surface area contributed by atoms with Crippen LogP contribution in [0.1, 0.15) is 35.8 Å². The van der Waals surface area contributed by atoms with Crippen molar-refractivity contribution < 1.29 is 14.4 Å². The van der Waals surface area contributed by atoms with E-state index in [9.17, 15) is 9.90 Å². The van der Waals surface area contributed by atoms with Gasteiger partial charge in [-0.1, -0.05) is 5.16 Å². The van der Waals surface area contributed by atoms with Crippen LogP contribution in [-0.4, -0.2) is 33.3 Å². The van der Waals surface area contributed by atoms with Gasteiger partial charge in [-0.05, 0) is 12.8 Å². The fourth-order valence-electron chi connectivity index (χ4n) is 1.29. The molecule has 7 heteroatoms. The third kappa shape index (κ3) is 3.26. The van der Waals surface area contributed by atoms with Gasteiger partial charge in [-0.15, -0.1) is 0 Å². The average molecular weight is 236 g/mol. The summed E-state index contributed by atoms with van der Waals surface area (Å²) in [7, 11) is 0. The molecule has 2 rings (SSSR count). The third-order valence-electron chi connectivity index (χ3n) is 2.32. The molecule has 0 saturated heterocycles. The summed E-state index contributed by atoms with van der Waals surface area (Å²) >= 11 is 0. The van der Waals surface area contributed by atoms with Crippen LogP contribution in [0.25, 0.3) is 0 Å². The fourth-order valence-corrected chi connectivity index (χ4v) is 1.29. The molecule has 1 aliphatic rings. The first-order chi connectivity index (χ1) is 8.19. The SMILES string of the molecule is N#CCC(O)Cc1nc(C(=O)NC2CC2)no1. The molecule has 1 heterocycles. The Morgan fingerprint density at radius 3 is 3.12 bits per heavy atom. The van der Waals surface area contributed by atoms with Crippen LogP contribution in [0.15, 0.2) is 4.52 Å². The number of hydrogen-bond donors (Lipinski definition) is 2. The molecule has 1 unspecified atom stereocenters. The number of aliphatic hydroxyl groups excluding tert-OH is 1. The van der Waals surface area contributed by atoms with Gasteiger partial charge in [0.05, 0.1) is 25.0 Å². The van der Waals surface area contributed by atoms with Crippen LogP contribution >= 0.6 is 0 Å². The van der Waals surface area contributed by atoms with Crippen molar-refractivity contribution in [3.05, 3.63) is 11.7 Å². The van der Waals surface area contributed by atoms with Gasteiger partial charge in [0.25, 0.3) is 11.7 Å². The van der Waals surface area contributed by atoms with E-state index in [1.54, 1.807) is 0 Å². The lowest BCUT2D eigenvalue weighted by atomic mass is 10.2. The summed E-state index contributed by atoms with van der Waals surface area (Å²) in [6.07, 6.45) is 1.19. The molecule has 1 amide bonds. The average Bonchev–Trinajstić information content (AvgIpc) is 2.96. The molecule has 17 heavy (non-hydrogen) atoms. The standard InChI is InChI=1S/C10H12N4O3/c11-4-3-7(15)5-8-13-9(14-17-8)10(16)12-6-1-2-6/h6-7,15H,1-3,5H2,(H,12,16). The maximum atomic E-state index is 11.5. The summed E-state index contributed by atoms with van der Waals surface area (Å²) in [5.41, 5.74) is 0. The number of nitrogens with one attached hydrogen (secondary N) is 1. The summed E-state index contributed by atoms with van der Waals surface area (Å²) in [6, 6.07) is 2.06. The zero-order valence-electron chi connectivity index (χ0n) is 9.09. The van der Waals surface area contributed by atoms with Gasteiger partial charge >= 0.3 is 0 Å². The first-order valence-corrected chi connectivity index (χ1v) is 5.37. The van der Waals surface area contributed by atoms with E-state index in [0.29, 0.717) is 0 Å². The molecule has 1 aromatic rings. The second-order valence-corrected chi connectivity index (χ2v) is 3.98. The predicted octanol–water partition coefficient (Wildman–Crippen LogP) is -0.221. The van der Waals surface area contributed by atoms with Crippen LogP contribution in [0.3, 0.4) is 0 Å². The van der Waals surface area contributed by atoms with Crippen molar-refractivity contribution in [3.8, 4) is 6.07 Å². The number of aromatic nitrogens is 2. The van der Waals surface area contributed by atoms with Crippen molar-refractivity contribution in [2.75, 3.05) is 0 Å². The van der Waals surface area contributed by atoms with Crippen LogP contribution in [0.5, 0.6) is 0 Å². The molecular formula is C10H12N4O3. The zero-order valence-corrected chi connectivity index (χ0v) is 9.09. The molecule has 0 bridgehead atoms.